The van der Waals surface area contributed by atoms with E-state index in [1.807, 2.05) is 19.1 Å². The number of anilines is 1. The van der Waals surface area contributed by atoms with Crippen LogP contribution in [0.3, 0.4) is 0 Å². The second-order valence-electron chi connectivity index (χ2n) is 4.13. The summed E-state index contributed by atoms with van der Waals surface area (Å²) in [7, 11) is 1.58. The van der Waals surface area contributed by atoms with Gasteiger partial charge in [0.25, 0.3) is 0 Å². The minimum absolute atomic E-state index is 0.0403. The first-order chi connectivity index (χ1) is 8.95. The maximum Gasteiger partial charge on any atom is 0.325 e. The molecule has 1 aromatic rings. The van der Waals surface area contributed by atoms with Gasteiger partial charge in [0.2, 0.25) is 0 Å². The number of carboxylic acid groups (broad SMARTS) is 1. The van der Waals surface area contributed by atoms with Crippen LogP contribution in [0.2, 0.25) is 0 Å². The first-order valence-corrected chi connectivity index (χ1v) is 5.70. The van der Waals surface area contributed by atoms with Gasteiger partial charge in [0, 0.05) is 12.7 Å². The minimum Gasteiger partial charge on any atom is -0.480 e. The molecule has 1 rings (SSSR count). The molecule has 0 atom stereocenters. The van der Waals surface area contributed by atoms with Gasteiger partial charge in [-0.1, -0.05) is 23.6 Å². The Kier molecular flexibility index (Phi) is 4.95. The zero-order valence-corrected chi connectivity index (χ0v) is 11.0. The molecule has 0 heterocycles. The zero-order chi connectivity index (χ0) is 14.4. The topological polar surface area (TPSA) is 60.9 Å². The summed E-state index contributed by atoms with van der Waals surface area (Å²) >= 11 is 0. The number of rotatable bonds is 4. The third kappa shape index (κ3) is 4.03. The molecule has 0 unspecified atom stereocenters. The summed E-state index contributed by atoms with van der Waals surface area (Å²) in [5, 5.41) is 8.77. The molecule has 100 valence electrons. The molecule has 0 bridgehead atoms. The van der Waals surface area contributed by atoms with Gasteiger partial charge >= 0.3 is 12.0 Å². The molecule has 0 saturated carbocycles. The molecule has 0 aromatic heterocycles. The molecule has 2 amide bonds. The van der Waals surface area contributed by atoms with Gasteiger partial charge < -0.3 is 10.0 Å². The Morgan fingerprint density at radius 2 is 1.89 bits per heavy atom. The van der Waals surface area contributed by atoms with Crippen molar-refractivity contribution in [2.24, 2.45) is 0 Å². The molecule has 0 fully saturated rings. The number of benzene rings is 1. The van der Waals surface area contributed by atoms with Gasteiger partial charge in [-0.05, 0) is 19.1 Å². The van der Waals surface area contributed by atoms with Crippen LogP contribution >= 0.6 is 0 Å². The third-order valence-corrected chi connectivity index (χ3v) is 2.59. The van der Waals surface area contributed by atoms with Crippen LogP contribution in [-0.4, -0.2) is 42.1 Å². The highest BCUT2D eigenvalue weighted by Crippen LogP contribution is 2.15. The lowest BCUT2D eigenvalue weighted by Crippen LogP contribution is -2.44. The molecule has 0 aliphatic rings. The van der Waals surface area contributed by atoms with E-state index in [4.69, 9.17) is 11.5 Å². The molecule has 0 aliphatic heterocycles. The van der Waals surface area contributed by atoms with E-state index in [0.29, 0.717) is 5.69 Å². The normalized spacial score (nSPS) is 9.53. The van der Waals surface area contributed by atoms with Crippen LogP contribution in [0.15, 0.2) is 24.3 Å². The summed E-state index contributed by atoms with van der Waals surface area (Å²) < 4.78 is 0. The van der Waals surface area contributed by atoms with Crippen molar-refractivity contribution in [3.63, 3.8) is 0 Å². The Morgan fingerprint density at radius 3 is 2.37 bits per heavy atom. The number of aryl methyl sites for hydroxylation is 1. The average Bonchev–Trinajstić information content (AvgIpc) is 2.37. The summed E-state index contributed by atoms with van der Waals surface area (Å²) in [6.07, 6.45) is 5.15. The fourth-order valence-corrected chi connectivity index (χ4v) is 1.56. The van der Waals surface area contributed by atoms with Crippen molar-refractivity contribution in [1.82, 2.24) is 4.90 Å². The summed E-state index contributed by atoms with van der Waals surface area (Å²) in [6, 6.07) is 6.90. The van der Waals surface area contributed by atoms with Crippen LogP contribution in [0.5, 0.6) is 0 Å². The second kappa shape index (κ2) is 6.45. The van der Waals surface area contributed by atoms with E-state index in [0.717, 1.165) is 10.5 Å². The van der Waals surface area contributed by atoms with E-state index in [2.05, 4.69) is 5.92 Å². The van der Waals surface area contributed by atoms with Crippen molar-refractivity contribution in [3.8, 4) is 12.3 Å². The molecule has 1 N–H and O–H groups in total. The van der Waals surface area contributed by atoms with Gasteiger partial charge in [-0.3, -0.25) is 9.69 Å². The van der Waals surface area contributed by atoms with Crippen LogP contribution < -0.4 is 4.90 Å². The standard InChI is InChI=1S/C14H16N2O3/c1-4-9-16(10-13(17)18)14(19)15(3)12-7-5-11(2)6-8-12/h1,5-8H,9-10H2,2-3H3,(H,17,18). The molecule has 5 heteroatoms. The summed E-state index contributed by atoms with van der Waals surface area (Å²) in [6.45, 7) is 1.49. The fourth-order valence-electron chi connectivity index (χ4n) is 1.56. The van der Waals surface area contributed by atoms with E-state index in [1.54, 1.807) is 19.2 Å². The number of hydrogen-bond acceptors (Lipinski definition) is 2. The van der Waals surface area contributed by atoms with Crippen molar-refractivity contribution in [2.45, 2.75) is 6.92 Å². The SMILES string of the molecule is C#CCN(CC(=O)O)C(=O)N(C)c1ccc(C)cc1. The highest BCUT2D eigenvalue weighted by Gasteiger charge is 2.20. The maximum atomic E-state index is 12.1. The van der Waals surface area contributed by atoms with Crippen LogP contribution in [-0.2, 0) is 4.79 Å². The van der Waals surface area contributed by atoms with Gasteiger partial charge in [-0.15, -0.1) is 6.42 Å². The molecule has 0 aliphatic carbocycles. The Labute approximate surface area is 112 Å². The Morgan fingerprint density at radius 1 is 1.32 bits per heavy atom. The highest BCUT2D eigenvalue weighted by atomic mass is 16.4. The zero-order valence-electron chi connectivity index (χ0n) is 11.0. The van der Waals surface area contributed by atoms with Crippen molar-refractivity contribution >= 4 is 17.7 Å². The van der Waals surface area contributed by atoms with Gasteiger partial charge in [-0.25, -0.2) is 4.79 Å². The number of urea groups is 1. The molecular weight excluding hydrogens is 244 g/mol. The smallest absolute Gasteiger partial charge is 0.325 e. The minimum atomic E-state index is -1.10. The van der Waals surface area contributed by atoms with E-state index in [1.165, 1.54) is 4.90 Å². The number of carboxylic acids is 1. The number of aliphatic carboxylic acids is 1. The van der Waals surface area contributed by atoms with Crippen molar-refractivity contribution in [2.75, 3.05) is 25.0 Å². The molecule has 1 aromatic carbocycles. The summed E-state index contributed by atoms with van der Waals surface area (Å²) in [5.41, 5.74) is 1.76. The van der Waals surface area contributed by atoms with E-state index in [9.17, 15) is 9.59 Å². The quantitative estimate of drug-likeness (QED) is 0.836. The predicted molar refractivity (Wildman–Crippen MR) is 73.0 cm³/mol. The van der Waals surface area contributed by atoms with Crippen molar-refractivity contribution < 1.29 is 14.7 Å². The molecule has 19 heavy (non-hydrogen) atoms. The van der Waals surface area contributed by atoms with Crippen LogP contribution in [0.4, 0.5) is 10.5 Å². The van der Waals surface area contributed by atoms with Crippen LogP contribution in [0, 0.1) is 19.3 Å². The first kappa shape index (κ1) is 14.6. The monoisotopic (exact) mass is 260 g/mol. The van der Waals surface area contributed by atoms with E-state index >= 15 is 0 Å². The van der Waals surface area contributed by atoms with Crippen molar-refractivity contribution in [1.29, 1.82) is 0 Å². The predicted octanol–water partition coefficient (Wildman–Crippen LogP) is 1.57. The van der Waals surface area contributed by atoms with Gasteiger partial charge in [0.1, 0.15) is 6.54 Å². The average molecular weight is 260 g/mol. The lowest BCUT2D eigenvalue weighted by molar-refractivity contribution is -0.137. The summed E-state index contributed by atoms with van der Waals surface area (Å²) in [4.78, 5) is 25.3. The fraction of sp³-hybridized carbons (Fsp3) is 0.286. The maximum absolute atomic E-state index is 12.1. The molecule has 0 saturated heterocycles. The van der Waals surface area contributed by atoms with Gasteiger partial charge in [-0.2, -0.15) is 0 Å². The Balaban J connectivity index is 2.86. The molecule has 0 radical (unpaired) electrons. The van der Waals surface area contributed by atoms with Gasteiger partial charge in [0.05, 0.1) is 6.54 Å². The third-order valence-electron chi connectivity index (χ3n) is 2.59. The highest BCUT2D eigenvalue weighted by molar-refractivity contribution is 5.93. The van der Waals surface area contributed by atoms with E-state index < -0.39 is 18.5 Å². The molecule has 0 spiro atoms. The van der Waals surface area contributed by atoms with Crippen LogP contribution in [0.25, 0.3) is 0 Å². The lowest BCUT2D eigenvalue weighted by atomic mass is 10.2. The van der Waals surface area contributed by atoms with Gasteiger partial charge in [0.15, 0.2) is 0 Å². The number of carbonyl (C=O) groups excluding carboxylic acids is 1. The Bertz CT molecular complexity index is 502. The van der Waals surface area contributed by atoms with Crippen LogP contribution in [0.1, 0.15) is 5.56 Å². The number of amides is 2. The molecule has 5 nitrogen and oxygen atoms in total. The largest absolute Gasteiger partial charge is 0.480 e. The number of nitrogens with zero attached hydrogens (tertiary/aromatic N) is 2. The summed E-state index contributed by atoms with van der Waals surface area (Å²) in [5.74, 6) is 1.19. The number of terminal acetylenes is 1. The first-order valence-electron chi connectivity index (χ1n) is 5.70. The second-order valence-corrected chi connectivity index (χ2v) is 4.13. The number of hydrogen-bond donors (Lipinski definition) is 1. The molecular formula is C14H16N2O3. The van der Waals surface area contributed by atoms with Crippen molar-refractivity contribution in [3.05, 3.63) is 29.8 Å². The lowest BCUT2D eigenvalue weighted by Gasteiger charge is -2.25. The number of carbonyl (C=O) groups is 2. The van der Waals surface area contributed by atoms with E-state index in [-0.39, 0.29) is 6.54 Å². The Hall–Kier alpha value is -2.48.